The number of carbonyl (C=O) groups excluding carboxylic acids is 1. The molecule has 1 fully saturated rings. The van der Waals surface area contributed by atoms with Crippen molar-refractivity contribution in [2.75, 3.05) is 0 Å². The smallest absolute Gasteiger partial charge is 0.428 e. The summed E-state index contributed by atoms with van der Waals surface area (Å²) < 4.78 is 98.0. The highest BCUT2D eigenvalue weighted by molar-refractivity contribution is 5.87. The van der Waals surface area contributed by atoms with E-state index in [1.54, 1.807) is 20.8 Å². The monoisotopic (exact) mass is 564 g/mol. The Bertz CT molecular complexity index is 829. The van der Waals surface area contributed by atoms with E-state index in [2.05, 4.69) is 6.58 Å². The molecule has 0 spiro atoms. The highest BCUT2D eigenvalue weighted by Crippen LogP contribution is 2.51. The standard InChI is InChI=1S/C26H42F6O6/c1-14(2)20(33)36-17-11-12-18(19(13-17)23(9,10)37-15(3)21(5,6)34)22(7,8)38-16(4)24(35,25(27,28)29)26(30,31)32/h15-19,34-35H,1,11-13H2,2-10H3. The van der Waals surface area contributed by atoms with Crippen molar-refractivity contribution in [3.63, 3.8) is 0 Å². The Morgan fingerprint density at radius 1 is 0.816 bits per heavy atom. The van der Waals surface area contributed by atoms with E-state index in [4.69, 9.17) is 14.2 Å². The number of aliphatic hydroxyl groups is 2. The van der Waals surface area contributed by atoms with Gasteiger partial charge >= 0.3 is 18.3 Å². The van der Waals surface area contributed by atoms with Crippen molar-refractivity contribution < 1.29 is 55.6 Å². The maximum absolute atomic E-state index is 13.5. The first-order valence-electron chi connectivity index (χ1n) is 12.5. The average Bonchev–Trinajstić information content (AvgIpc) is 2.69. The lowest BCUT2D eigenvalue weighted by molar-refractivity contribution is -0.400. The van der Waals surface area contributed by atoms with Crippen molar-refractivity contribution in [3.05, 3.63) is 12.2 Å². The van der Waals surface area contributed by atoms with Gasteiger partial charge in [0, 0.05) is 5.57 Å². The highest BCUT2D eigenvalue weighted by Gasteiger charge is 2.74. The van der Waals surface area contributed by atoms with E-state index in [-0.39, 0.29) is 24.8 Å². The van der Waals surface area contributed by atoms with E-state index in [9.17, 15) is 41.4 Å². The quantitative estimate of drug-likeness (QED) is 0.196. The molecule has 2 N–H and O–H groups in total. The number of esters is 1. The molecule has 0 heterocycles. The van der Waals surface area contributed by atoms with Gasteiger partial charge < -0.3 is 24.4 Å². The third-order valence-electron chi connectivity index (χ3n) is 7.62. The third kappa shape index (κ3) is 7.63. The Morgan fingerprint density at radius 2 is 1.24 bits per heavy atom. The zero-order chi connectivity index (χ0) is 30.3. The summed E-state index contributed by atoms with van der Waals surface area (Å²) in [5.74, 6) is -1.91. The minimum absolute atomic E-state index is 0.166. The molecule has 224 valence electrons. The van der Waals surface area contributed by atoms with E-state index in [0.29, 0.717) is 6.92 Å². The van der Waals surface area contributed by atoms with Crippen LogP contribution in [0.15, 0.2) is 12.2 Å². The maximum Gasteiger partial charge on any atom is 0.428 e. The lowest BCUT2D eigenvalue weighted by Crippen LogP contribution is -2.66. The second-order valence-corrected chi connectivity index (χ2v) is 12.0. The van der Waals surface area contributed by atoms with Crippen LogP contribution in [0.5, 0.6) is 0 Å². The van der Waals surface area contributed by atoms with Crippen LogP contribution >= 0.6 is 0 Å². The van der Waals surface area contributed by atoms with E-state index < -0.39 is 70.9 Å². The lowest BCUT2D eigenvalue weighted by Gasteiger charge is -2.52. The Kier molecular flexibility index (Phi) is 10.3. The SMILES string of the molecule is C=C(C)C(=O)OC1CCC(C(C)(C)OC(C)C(O)(C(F)(F)F)C(F)(F)F)C(C(C)(C)OC(C)C(C)(C)O)C1. The second kappa shape index (κ2) is 11.2. The minimum atomic E-state index is -6.04. The summed E-state index contributed by atoms with van der Waals surface area (Å²) in [5.41, 5.74) is -8.89. The molecule has 0 aromatic carbocycles. The summed E-state index contributed by atoms with van der Waals surface area (Å²) in [6.07, 6.45) is -15.5. The molecular formula is C26H42F6O6. The van der Waals surface area contributed by atoms with Crippen molar-refractivity contribution in [1.82, 2.24) is 0 Å². The molecule has 6 nitrogen and oxygen atoms in total. The zero-order valence-corrected chi connectivity index (χ0v) is 23.5. The lowest BCUT2D eigenvalue weighted by atomic mass is 9.64. The number of rotatable bonds is 10. The fourth-order valence-corrected chi connectivity index (χ4v) is 5.03. The molecule has 0 saturated heterocycles. The van der Waals surface area contributed by atoms with Crippen LogP contribution < -0.4 is 0 Å². The van der Waals surface area contributed by atoms with Crippen molar-refractivity contribution in [3.8, 4) is 0 Å². The van der Waals surface area contributed by atoms with Gasteiger partial charge in [-0.1, -0.05) is 6.58 Å². The number of ether oxygens (including phenoxy) is 3. The summed E-state index contributed by atoms with van der Waals surface area (Å²) in [7, 11) is 0. The van der Waals surface area contributed by atoms with E-state index in [1.807, 2.05) is 0 Å². The first kappa shape index (κ1) is 34.7. The molecule has 12 heteroatoms. The molecule has 1 aliphatic rings. The second-order valence-electron chi connectivity index (χ2n) is 12.0. The Hall–Kier alpha value is -1.37. The van der Waals surface area contributed by atoms with Crippen LogP contribution in [0.4, 0.5) is 26.3 Å². The molecule has 0 aliphatic heterocycles. The summed E-state index contributed by atoms with van der Waals surface area (Å²) in [6, 6.07) is 0. The van der Waals surface area contributed by atoms with Gasteiger partial charge in [0.05, 0.1) is 22.9 Å². The molecule has 0 radical (unpaired) electrons. The zero-order valence-electron chi connectivity index (χ0n) is 23.5. The number of alkyl halides is 6. The van der Waals surface area contributed by atoms with Gasteiger partial charge in [-0.15, -0.1) is 0 Å². The Labute approximate surface area is 220 Å². The van der Waals surface area contributed by atoms with Crippen LogP contribution in [-0.4, -0.2) is 69.3 Å². The van der Waals surface area contributed by atoms with Crippen LogP contribution in [0, 0.1) is 11.8 Å². The van der Waals surface area contributed by atoms with Crippen molar-refractivity contribution in [2.24, 2.45) is 11.8 Å². The Morgan fingerprint density at radius 3 is 1.63 bits per heavy atom. The molecule has 1 saturated carbocycles. The molecule has 0 aromatic heterocycles. The van der Waals surface area contributed by atoms with Crippen LogP contribution in [-0.2, 0) is 19.0 Å². The molecule has 1 aliphatic carbocycles. The molecule has 0 aromatic rings. The van der Waals surface area contributed by atoms with Crippen LogP contribution in [0.25, 0.3) is 0 Å². The fourth-order valence-electron chi connectivity index (χ4n) is 5.03. The van der Waals surface area contributed by atoms with Crippen LogP contribution in [0.2, 0.25) is 0 Å². The molecule has 0 amide bonds. The van der Waals surface area contributed by atoms with Gasteiger partial charge in [-0.25, -0.2) is 4.79 Å². The van der Waals surface area contributed by atoms with Gasteiger partial charge in [-0.3, -0.25) is 0 Å². The topological polar surface area (TPSA) is 85.2 Å². The summed E-state index contributed by atoms with van der Waals surface area (Å²) in [6.45, 7) is 16.4. The van der Waals surface area contributed by atoms with Crippen molar-refractivity contribution in [1.29, 1.82) is 0 Å². The number of halogens is 6. The summed E-state index contributed by atoms with van der Waals surface area (Å²) >= 11 is 0. The molecule has 38 heavy (non-hydrogen) atoms. The first-order valence-corrected chi connectivity index (χ1v) is 12.5. The molecular weight excluding hydrogens is 522 g/mol. The van der Waals surface area contributed by atoms with Gasteiger partial charge in [-0.2, -0.15) is 26.3 Å². The Balaban J connectivity index is 3.44. The van der Waals surface area contributed by atoms with E-state index in [0.717, 1.165) is 0 Å². The predicted molar refractivity (Wildman–Crippen MR) is 128 cm³/mol. The first-order chi connectivity index (χ1) is 16.7. The number of carbonyl (C=O) groups is 1. The van der Waals surface area contributed by atoms with Gasteiger partial charge in [0.2, 0.25) is 0 Å². The largest absolute Gasteiger partial charge is 0.459 e. The molecule has 5 atom stereocenters. The average molecular weight is 565 g/mol. The fraction of sp³-hybridized carbons (Fsp3) is 0.885. The van der Waals surface area contributed by atoms with E-state index >= 15 is 0 Å². The van der Waals surface area contributed by atoms with Gasteiger partial charge in [0.1, 0.15) is 12.2 Å². The van der Waals surface area contributed by atoms with E-state index in [1.165, 1.54) is 34.6 Å². The third-order valence-corrected chi connectivity index (χ3v) is 7.62. The normalized spacial score (nSPS) is 24.1. The number of hydrogen-bond donors (Lipinski definition) is 2. The molecule has 5 unspecified atom stereocenters. The minimum Gasteiger partial charge on any atom is -0.459 e. The summed E-state index contributed by atoms with van der Waals surface area (Å²) in [4.78, 5) is 12.1. The van der Waals surface area contributed by atoms with Gasteiger partial charge in [-0.05, 0) is 93.4 Å². The predicted octanol–water partition coefficient (Wildman–Crippen LogP) is 5.88. The maximum atomic E-state index is 13.5. The van der Waals surface area contributed by atoms with Crippen LogP contribution in [0.3, 0.4) is 0 Å². The molecule has 0 bridgehead atoms. The number of hydrogen-bond acceptors (Lipinski definition) is 6. The molecule has 1 rings (SSSR count). The van der Waals surface area contributed by atoms with Crippen molar-refractivity contribution in [2.45, 2.75) is 135 Å². The van der Waals surface area contributed by atoms with Crippen LogP contribution in [0.1, 0.15) is 81.6 Å². The van der Waals surface area contributed by atoms with Crippen molar-refractivity contribution >= 4 is 5.97 Å². The van der Waals surface area contributed by atoms with Gasteiger partial charge in [0.25, 0.3) is 5.60 Å². The summed E-state index contributed by atoms with van der Waals surface area (Å²) in [5, 5.41) is 20.2. The highest BCUT2D eigenvalue weighted by atomic mass is 19.4. The van der Waals surface area contributed by atoms with Gasteiger partial charge in [0.15, 0.2) is 0 Å².